The number of sulfone groups is 1. The average Bonchev–Trinajstić information content (AvgIpc) is 3.48. The van der Waals surface area contributed by atoms with Gasteiger partial charge in [-0.15, -0.1) is 0 Å². The van der Waals surface area contributed by atoms with Crippen molar-refractivity contribution in [1.29, 1.82) is 5.26 Å². The molecule has 0 amide bonds. The Kier molecular flexibility index (Phi) is 9.44. The number of halogens is 1. The molecule has 3 aromatic carbocycles. The Morgan fingerprint density at radius 2 is 1.56 bits per heavy atom. The molecule has 2 aromatic heterocycles. The summed E-state index contributed by atoms with van der Waals surface area (Å²) in [6.45, 7) is 7.48. The molecule has 5 aromatic rings. The van der Waals surface area contributed by atoms with E-state index in [4.69, 9.17) is 0 Å². The van der Waals surface area contributed by atoms with E-state index in [1.54, 1.807) is 22.4 Å². The van der Waals surface area contributed by atoms with E-state index in [-0.39, 0.29) is 27.8 Å². The summed E-state index contributed by atoms with van der Waals surface area (Å²) in [7, 11) is -8.39. The van der Waals surface area contributed by atoms with Crippen LogP contribution >= 0.6 is 20.1 Å². The number of azo groups is 1. The van der Waals surface area contributed by atoms with Crippen molar-refractivity contribution in [2.24, 2.45) is 13.4 Å². The topological polar surface area (TPSA) is 205 Å². The molecule has 50 heavy (non-hydrogen) atoms. The van der Waals surface area contributed by atoms with Crippen molar-refractivity contribution in [2.45, 2.75) is 37.6 Å². The van der Waals surface area contributed by atoms with Crippen molar-refractivity contribution in [3.05, 3.63) is 103 Å². The van der Waals surface area contributed by atoms with Crippen LogP contribution in [0.5, 0.6) is 0 Å². The summed E-state index contributed by atoms with van der Waals surface area (Å²) < 4.78 is 62.1. The quantitative estimate of drug-likeness (QED) is 0.0725. The number of nitrogens with zero attached hydrogens (tertiary/aromatic N) is 8. The van der Waals surface area contributed by atoms with E-state index < -0.39 is 50.9 Å². The molecule has 0 fully saturated rings. The standard InChI is InChI=1S/C33H29IN10O4S2/c1-19-10-12-25(13-11-19)50(47,48)31-28(30(39-33(40-31)44-49(5,45)46)38-27-21(3)14-20(2)15-22(27)4)42-43-29-24(17-35)16-34(41-29)32-36-18-23-8-6-7-9-26(23)37-32/h6-16,18H,1-5H3,(H2,38,39,40,44). The maximum atomic E-state index is 14.2. The molecule has 2 N–H and O–H groups in total. The normalized spacial score (nSPS) is 14.0. The number of rotatable bonds is 8. The van der Waals surface area contributed by atoms with Gasteiger partial charge in [-0.2, -0.15) is 0 Å². The molecule has 0 saturated heterocycles. The van der Waals surface area contributed by atoms with Gasteiger partial charge in [0.2, 0.25) is 0 Å². The molecule has 0 bridgehead atoms. The van der Waals surface area contributed by atoms with Gasteiger partial charge in [0, 0.05) is 0 Å². The van der Waals surface area contributed by atoms with Crippen molar-refractivity contribution in [3.63, 3.8) is 0 Å². The number of hydrogen-bond acceptors (Lipinski definition) is 13. The van der Waals surface area contributed by atoms with Gasteiger partial charge in [-0.1, -0.05) is 0 Å². The fraction of sp³-hybridized carbons (Fsp3) is 0.152. The molecular formula is C33H29IN10O4S2. The summed E-state index contributed by atoms with van der Waals surface area (Å²) in [6, 6.07) is 19.5. The second-order valence-electron chi connectivity index (χ2n) is 11.4. The zero-order valence-corrected chi connectivity index (χ0v) is 31.1. The number of aromatic nitrogens is 4. The van der Waals surface area contributed by atoms with Crippen LogP contribution in [0, 0.1) is 42.9 Å². The van der Waals surface area contributed by atoms with Gasteiger partial charge >= 0.3 is 298 Å². The first-order valence-corrected chi connectivity index (χ1v) is 21.5. The second kappa shape index (κ2) is 13.6. The molecule has 6 rings (SSSR count). The first kappa shape index (κ1) is 34.7. The zero-order chi connectivity index (χ0) is 35.8. The van der Waals surface area contributed by atoms with Gasteiger partial charge in [0.05, 0.1) is 0 Å². The van der Waals surface area contributed by atoms with Crippen molar-refractivity contribution in [1.82, 2.24) is 19.9 Å². The van der Waals surface area contributed by atoms with Crippen molar-refractivity contribution >= 4 is 79.8 Å². The van der Waals surface area contributed by atoms with E-state index in [0.29, 0.717) is 9.52 Å². The van der Waals surface area contributed by atoms with Crippen LogP contribution in [-0.2, 0) is 19.9 Å². The number of fused-ring (bicyclic) bond motifs is 1. The molecule has 17 heteroatoms. The molecule has 0 atom stereocenters. The maximum absolute atomic E-state index is 14.2. The van der Waals surface area contributed by atoms with Gasteiger partial charge < -0.3 is 0 Å². The van der Waals surface area contributed by atoms with E-state index >= 15 is 0 Å². The number of nitriles is 1. The van der Waals surface area contributed by atoms with Crippen molar-refractivity contribution < 1.29 is 16.8 Å². The fourth-order valence-electron chi connectivity index (χ4n) is 5.02. The van der Waals surface area contributed by atoms with Crippen LogP contribution in [0.2, 0.25) is 0 Å². The predicted octanol–water partition coefficient (Wildman–Crippen LogP) is 6.80. The summed E-state index contributed by atoms with van der Waals surface area (Å²) in [5.41, 5.74) is 4.58. The van der Waals surface area contributed by atoms with Crippen LogP contribution in [0.3, 0.4) is 0 Å². The van der Waals surface area contributed by atoms with Crippen LogP contribution in [0.25, 0.3) is 10.9 Å². The SMILES string of the molecule is Cc1ccc(S(=O)(=O)c2nc(NS(C)(=O)=O)nc(Nc3c(C)cc(C)cc3C)c2N=NC2=NI(c3ncc4ccccc4n3)C=C2C#N)cc1. The molecule has 0 unspecified atom stereocenters. The molecule has 1 aliphatic rings. The third kappa shape index (κ3) is 7.36. The zero-order valence-electron chi connectivity index (χ0n) is 27.3. The fourth-order valence-corrected chi connectivity index (χ4v) is 10.2. The molecule has 0 saturated carbocycles. The number of hydrogen-bond donors (Lipinski definition) is 2. The first-order valence-electron chi connectivity index (χ1n) is 14.8. The Morgan fingerprint density at radius 1 is 0.860 bits per heavy atom. The molecule has 3 heterocycles. The van der Waals surface area contributed by atoms with Crippen molar-refractivity contribution in [3.8, 4) is 6.07 Å². The number of sulfonamides is 1. The van der Waals surface area contributed by atoms with Gasteiger partial charge in [0.1, 0.15) is 0 Å². The van der Waals surface area contributed by atoms with E-state index in [1.807, 2.05) is 64.1 Å². The first-order chi connectivity index (χ1) is 23.7. The van der Waals surface area contributed by atoms with E-state index in [1.165, 1.54) is 12.1 Å². The minimum absolute atomic E-state index is 0.0277. The summed E-state index contributed by atoms with van der Waals surface area (Å²) in [5.74, 6) is -0.676. The van der Waals surface area contributed by atoms with Gasteiger partial charge in [-0.3, -0.25) is 0 Å². The molecule has 0 spiro atoms. The number of para-hydroxylation sites is 1. The monoisotopic (exact) mass is 820 g/mol. The van der Waals surface area contributed by atoms with Gasteiger partial charge in [0.15, 0.2) is 0 Å². The van der Waals surface area contributed by atoms with Crippen molar-refractivity contribution in [2.75, 3.05) is 16.3 Å². The van der Waals surface area contributed by atoms with Crippen LogP contribution in [-0.4, -0.2) is 48.9 Å². The summed E-state index contributed by atoms with van der Waals surface area (Å²) in [6.07, 6.45) is 2.59. The Balaban J connectivity index is 1.54. The molecule has 14 nitrogen and oxygen atoms in total. The van der Waals surface area contributed by atoms with E-state index in [9.17, 15) is 22.1 Å². The third-order valence-corrected chi connectivity index (χ3v) is 13.2. The number of nitrogens with one attached hydrogen (secondary N) is 2. The van der Waals surface area contributed by atoms with Gasteiger partial charge in [-0.25, -0.2) is 0 Å². The van der Waals surface area contributed by atoms with E-state index in [2.05, 4.69) is 49.5 Å². The van der Waals surface area contributed by atoms with Crippen LogP contribution < -0.4 is 10.0 Å². The second-order valence-corrected chi connectivity index (χ2v) is 18.7. The molecule has 254 valence electrons. The Labute approximate surface area is 296 Å². The van der Waals surface area contributed by atoms with Gasteiger partial charge in [-0.05, 0) is 0 Å². The molecule has 0 aliphatic carbocycles. The van der Waals surface area contributed by atoms with E-state index in [0.717, 1.165) is 39.4 Å². The number of aryl methyl sites for hydroxylation is 4. The summed E-state index contributed by atoms with van der Waals surface area (Å²) >= 11 is -2.65. The Bertz CT molecular complexity index is 2530. The summed E-state index contributed by atoms with van der Waals surface area (Å²) in [5, 5.41) is 22.0. The average molecular weight is 821 g/mol. The molecular weight excluding hydrogens is 791 g/mol. The number of benzene rings is 3. The molecule has 1 aliphatic heterocycles. The van der Waals surface area contributed by atoms with Crippen LogP contribution in [0.1, 0.15) is 22.3 Å². The Hall–Kier alpha value is -5.19. The van der Waals surface area contributed by atoms with Crippen LogP contribution in [0.15, 0.2) is 99.9 Å². The predicted molar refractivity (Wildman–Crippen MR) is 199 cm³/mol. The number of anilines is 3. The number of amidine groups is 1. The van der Waals surface area contributed by atoms with Crippen LogP contribution in [0.4, 0.5) is 23.1 Å². The minimum atomic E-state index is -4.45. The third-order valence-electron chi connectivity index (χ3n) is 7.26. The molecule has 0 radical (unpaired) electrons. The van der Waals surface area contributed by atoms with Gasteiger partial charge in [0.25, 0.3) is 0 Å². The Morgan fingerprint density at radius 3 is 2.24 bits per heavy atom. The summed E-state index contributed by atoms with van der Waals surface area (Å²) in [4.78, 5) is 17.5.